The smallest absolute Gasteiger partial charge is 0.0143 e. The van der Waals surface area contributed by atoms with Crippen molar-refractivity contribution >= 4 is 0 Å². The third kappa shape index (κ3) is 6.42. The lowest BCUT2D eigenvalue weighted by Gasteiger charge is -2.27. The van der Waals surface area contributed by atoms with Gasteiger partial charge in [0, 0.05) is 5.41 Å². The maximum absolute atomic E-state index is 2.26. The van der Waals surface area contributed by atoms with Gasteiger partial charge in [0.05, 0.1) is 0 Å². The van der Waals surface area contributed by atoms with E-state index in [4.69, 9.17) is 0 Å². The lowest BCUT2D eigenvalue weighted by molar-refractivity contribution is 0.638. The Kier molecular flexibility index (Phi) is 12.4. The van der Waals surface area contributed by atoms with Gasteiger partial charge in [0.25, 0.3) is 0 Å². The fourth-order valence-electron chi connectivity index (χ4n) is 1.87. The zero-order valence-corrected chi connectivity index (χ0v) is 14.1. The highest BCUT2D eigenvalue weighted by atomic mass is 14.3. The van der Waals surface area contributed by atoms with E-state index >= 15 is 0 Å². The first kappa shape index (κ1) is 20.0. The normalized spacial score (nSPS) is 11.3. The molecule has 0 spiro atoms. The molecule has 0 unspecified atom stereocenters. The van der Waals surface area contributed by atoms with Gasteiger partial charge in [0.15, 0.2) is 0 Å². The Bertz CT molecular complexity index is 353. The number of hydrogen-bond acceptors (Lipinski definition) is 0. The van der Waals surface area contributed by atoms with E-state index in [1.54, 1.807) is 0 Å². The second kappa shape index (κ2) is 11.8. The Morgan fingerprint density at radius 2 is 1.37 bits per heavy atom. The number of allylic oxidation sites excluding steroid dienone is 4. The summed E-state index contributed by atoms with van der Waals surface area (Å²) in [6, 6.07) is 10.6. The maximum Gasteiger partial charge on any atom is 0.0143 e. The highest BCUT2D eigenvalue weighted by Gasteiger charge is 2.22. The molecule has 1 rings (SSSR count). The minimum atomic E-state index is 0.0858. The van der Waals surface area contributed by atoms with Crippen molar-refractivity contribution in [3.63, 3.8) is 0 Å². The molecule has 0 heterocycles. The number of rotatable bonds is 3. The molecule has 0 aromatic heterocycles. The fourth-order valence-corrected chi connectivity index (χ4v) is 1.87. The summed E-state index contributed by atoms with van der Waals surface area (Å²) in [6.45, 7) is 16.7. The van der Waals surface area contributed by atoms with E-state index in [-0.39, 0.29) is 5.41 Å². The minimum Gasteiger partial charge on any atom is -0.0874 e. The summed E-state index contributed by atoms with van der Waals surface area (Å²) < 4.78 is 0. The molecule has 0 atom stereocenters. The van der Waals surface area contributed by atoms with Crippen LogP contribution in [0.2, 0.25) is 0 Å². The van der Waals surface area contributed by atoms with Gasteiger partial charge >= 0.3 is 0 Å². The van der Waals surface area contributed by atoms with Crippen LogP contribution in [0.15, 0.2) is 54.1 Å². The lowest BCUT2D eigenvalue weighted by atomic mass is 9.77. The summed E-state index contributed by atoms with van der Waals surface area (Å²) in [5.74, 6) is 0. The van der Waals surface area contributed by atoms with Crippen molar-refractivity contribution in [2.45, 2.75) is 60.8 Å². The molecule has 0 radical (unpaired) electrons. The van der Waals surface area contributed by atoms with Gasteiger partial charge in [0.1, 0.15) is 0 Å². The van der Waals surface area contributed by atoms with Crippen LogP contribution in [-0.4, -0.2) is 0 Å². The van der Waals surface area contributed by atoms with Crippen molar-refractivity contribution in [1.82, 2.24) is 0 Å². The standard InChI is InChI=1S/C15H20.2C2H6/c1-5-10-13(6-2)15(3,4)14-11-8-7-9-12-14;2*1-2/h5-12H,1-4H3;2*1-2H3/b10-5-,13-6+;;. The summed E-state index contributed by atoms with van der Waals surface area (Å²) in [5.41, 5.74) is 2.80. The van der Waals surface area contributed by atoms with Gasteiger partial charge in [-0.1, -0.05) is 90.1 Å². The van der Waals surface area contributed by atoms with Crippen molar-refractivity contribution in [2.75, 3.05) is 0 Å². The van der Waals surface area contributed by atoms with Crippen molar-refractivity contribution in [3.05, 3.63) is 59.7 Å². The molecule has 0 N–H and O–H groups in total. The molecule has 0 amide bonds. The van der Waals surface area contributed by atoms with Crippen molar-refractivity contribution in [3.8, 4) is 0 Å². The highest BCUT2D eigenvalue weighted by molar-refractivity contribution is 5.39. The van der Waals surface area contributed by atoms with E-state index in [1.165, 1.54) is 11.1 Å². The van der Waals surface area contributed by atoms with Crippen LogP contribution in [0, 0.1) is 0 Å². The Hall–Kier alpha value is -1.30. The summed E-state index contributed by atoms with van der Waals surface area (Å²) in [6.07, 6.45) is 6.47. The number of hydrogen-bond donors (Lipinski definition) is 0. The molecule has 0 heteroatoms. The van der Waals surface area contributed by atoms with Crippen molar-refractivity contribution < 1.29 is 0 Å². The van der Waals surface area contributed by atoms with Crippen LogP contribution >= 0.6 is 0 Å². The molecule has 0 nitrogen and oxygen atoms in total. The van der Waals surface area contributed by atoms with Crippen molar-refractivity contribution in [1.29, 1.82) is 0 Å². The average Bonchev–Trinajstić information content (AvgIpc) is 2.49. The second-order valence-corrected chi connectivity index (χ2v) is 4.24. The van der Waals surface area contributed by atoms with Gasteiger partial charge in [-0.15, -0.1) is 0 Å². The molecule has 0 bridgehead atoms. The molecule has 1 aromatic carbocycles. The first-order chi connectivity index (χ1) is 9.12. The van der Waals surface area contributed by atoms with Crippen LogP contribution in [0.4, 0.5) is 0 Å². The van der Waals surface area contributed by atoms with E-state index < -0.39 is 0 Å². The fraction of sp³-hybridized carbons (Fsp3) is 0.474. The molecule has 0 fully saturated rings. The SMILES string of the molecule is C/C=C\C(=C/C)C(C)(C)c1ccccc1.CC.CC. The molecular weight excluding hydrogens is 228 g/mol. The summed E-state index contributed by atoms with van der Waals surface area (Å²) >= 11 is 0. The molecular formula is C19H32. The van der Waals surface area contributed by atoms with Gasteiger partial charge in [-0.2, -0.15) is 0 Å². The van der Waals surface area contributed by atoms with Gasteiger partial charge in [-0.3, -0.25) is 0 Å². The molecule has 19 heavy (non-hydrogen) atoms. The summed E-state index contributed by atoms with van der Waals surface area (Å²) in [7, 11) is 0. The average molecular weight is 260 g/mol. The van der Waals surface area contributed by atoms with Gasteiger partial charge in [-0.05, 0) is 25.0 Å². The Morgan fingerprint density at radius 1 is 0.895 bits per heavy atom. The topological polar surface area (TPSA) is 0 Å². The predicted octanol–water partition coefficient (Wildman–Crippen LogP) is 6.54. The molecule has 0 aliphatic rings. The molecule has 0 aliphatic heterocycles. The third-order valence-corrected chi connectivity index (χ3v) is 2.87. The minimum absolute atomic E-state index is 0.0858. The van der Waals surface area contributed by atoms with Crippen molar-refractivity contribution in [2.24, 2.45) is 0 Å². The van der Waals surface area contributed by atoms with E-state index in [1.807, 2.05) is 27.7 Å². The van der Waals surface area contributed by atoms with E-state index in [0.29, 0.717) is 0 Å². The van der Waals surface area contributed by atoms with E-state index in [0.717, 1.165) is 0 Å². The third-order valence-electron chi connectivity index (χ3n) is 2.87. The molecule has 0 saturated carbocycles. The monoisotopic (exact) mass is 260 g/mol. The van der Waals surface area contributed by atoms with Gasteiger partial charge in [-0.25, -0.2) is 0 Å². The molecule has 108 valence electrons. The Balaban J connectivity index is 0. The van der Waals surface area contributed by atoms with Crippen LogP contribution in [0.1, 0.15) is 61.0 Å². The van der Waals surface area contributed by atoms with Crippen LogP contribution in [0.25, 0.3) is 0 Å². The first-order valence-corrected chi connectivity index (χ1v) is 7.48. The summed E-state index contributed by atoms with van der Waals surface area (Å²) in [4.78, 5) is 0. The van der Waals surface area contributed by atoms with E-state index in [2.05, 4.69) is 76.3 Å². The Morgan fingerprint density at radius 3 is 1.74 bits per heavy atom. The highest BCUT2D eigenvalue weighted by Crippen LogP contribution is 2.31. The van der Waals surface area contributed by atoms with Crippen LogP contribution < -0.4 is 0 Å². The van der Waals surface area contributed by atoms with Crippen LogP contribution in [-0.2, 0) is 5.41 Å². The largest absolute Gasteiger partial charge is 0.0874 e. The molecule has 0 saturated heterocycles. The summed E-state index contributed by atoms with van der Waals surface area (Å²) in [5, 5.41) is 0. The zero-order valence-electron chi connectivity index (χ0n) is 14.1. The Labute approximate surface area is 121 Å². The van der Waals surface area contributed by atoms with Gasteiger partial charge < -0.3 is 0 Å². The molecule has 0 aliphatic carbocycles. The van der Waals surface area contributed by atoms with E-state index in [9.17, 15) is 0 Å². The number of benzene rings is 1. The van der Waals surface area contributed by atoms with Crippen LogP contribution in [0.5, 0.6) is 0 Å². The van der Waals surface area contributed by atoms with Crippen LogP contribution in [0.3, 0.4) is 0 Å². The zero-order chi connectivity index (χ0) is 15.3. The second-order valence-electron chi connectivity index (χ2n) is 4.24. The predicted molar refractivity (Wildman–Crippen MR) is 90.7 cm³/mol. The lowest BCUT2D eigenvalue weighted by Crippen LogP contribution is -2.19. The first-order valence-electron chi connectivity index (χ1n) is 7.48. The molecule has 1 aromatic rings. The quantitative estimate of drug-likeness (QED) is 0.541. The van der Waals surface area contributed by atoms with Gasteiger partial charge in [0.2, 0.25) is 0 Å². The maximum atomic E-state index is 2.26.